The molecule has 0 fully saturated rings. The predicted molar refractivity (Wildman–Crippen MR) is 78.4 cm³/mol. The van der Waals surface area contributed by atoms with Crippen molar-refractivity contribution in [3.05, 3.63) is 56.4 Å². The van der Waals surface area contributed by atoms with Gasteiger partial charge in [0.2, 0.25) is 0 Å². The quantitative estimate of drug-likeness (QED) is 0.882. The van der Waals surface area contributed by atoms with Crippen molar-refractivity contribution in [2.75, 3.05) is 0 Å². The molecule has 2 N–H and O–H groups in total. The number of carboxylic acids is 1. The van der Waals surface area contributed by atoms with Crippen molar-refractivity contribution in [1.29, 1.82) is 0 Å². The number of benzene rings is 1. The molecule has 0 saturated heterocycles. The molecular formula is C16H17NO3. The molecule has 2 rings (SSSR count). The van der Waals surface area contributed by atoms with Gasteiger partial charge in [-0.15, -0.1) is 0 Å². The molecule has 0 aliphatic heterocycles. The minimum atomic E-state index is -1.21. The molecule has 0 atom stereocenters. The second-order valence-corrected chi connectivity index (χ2v) is 5.15. The minimum Gasteiger partial charge on any atom is -0.477 e. The maximum atomic E-state index is 11.9. The molecule has 0 radical (unpaired) electrons. The first kappa shape index (κ1) is 14.1. The van der Waals surface area contributed by atoms with Gasteiger partial charge in [-0.3, -0.25) is 4.79 Å². The highest BCUT2D eigenvalue weighted by atomic mass is 16.4. The molecular weight excluding hydrogens is 254 g/mol. The number of aromatic amines is 1. The molecule has 1 heterocycles. The van der Waals surface area contributed by atoms with Crippen molar-refractivity contribution >= 4 is 5.97 Å². The van der Waals surface area contributed by atoms with Crippen molar-refractivity contribution < 1.29 is 9.90 Å². The number of aromatic carboxylic acids is 1. The van der Waals surface area contributed by atoms with Crippen LogP contribution in [0.4, 0.5) is 0 Å². The van der Waals surface area contributed by atoms with Gasteiger partial charge in [0.25, 0.3) is 5.56 Å². The van der Waals surface area contributed by atoms with Crippen LogP contribution < -0.4 is 5.56 Å². The van der Waals surface area contributed by atoms with Crippen LogP contribution in [0.2, 0.25) is 0 Å². The standard InChI is InChI=1S/C16H17NO3/c1-8-5-9(2)13(10(3)6-8)14-11(4)7-12(16(19)20)15(18)17-14/h5-7H,1-4H3,(H,17,18)(H,19,20). The fraction of sp³-hybridized carbons (Fsp3) is 0.250. The lowest BCUT2D eigenvalue weighted by Crippen LogP contribution is -2.19. The number of hydrogen-bond donors (Lipinski definition) is 2. The van der Waals surface area contributed by atoms with Crippen LogP contribution in [-0.4, -0.2) is 16.1 Å². The average molecular weight is 271 g/mol. The zero-order valence-corrected chi connectivity index (χ0v) is 12.0. The predicted octanol–water partition coefficient (Wildman–Crippen LogP) is 2.97. The summed E-state index contributed by atoms with van der Waals surface area (Å²) in [5.74, 6) is -1.21. The summed E-state index contributed by atoms with van der Waals surface area (Å²) in [5, 5.41) is 8.98. The number of pyridine rings is 1. The first-order valence-electron chi connectivity index (χ1n) is 6.36. The topological polar surface area (TPSA) is 70.2 Å². The van der Waals surface area contributed by atoms with Crippen LogP contribution in [0.15, 0.2) is 23.0 Å². The lowest BCUT2D eigenvalue weighted by atomic mass is 9.94. The van der Waals surface area contributed by atoms with E-state index in [0.29, 0.717) is 5.69 Å². The Morgan fingerprint density at radius 3 is 2.05 bits per heavy atom. The van der Waals surface area contributed by atoms with Crippen molar-refractivity contribution in [3.63, 3.8) is 0 Å². The van der Waals surface area contributed by atoms with Crippen molar-refractivity contribution in [3.8, 4) is 11.3 Å². The highest BCUT2D eigenvalue weighted by Crippen LogP contribution is 2.28. The van der Waals surface area contributed by atoms with Gasteiger partial charge in [-0.2, -0.15) is 0 Å². The number of hydrogen-bond acceptors (Lipinski definition) is 2. The Balaban J connectivity index is 2.75. The first-order chi connectivity index (χ1) is 9.31. The summed E-state index contributed by atoms with van der Waals surface area (Å²) in [6, 6.07) is 5.52. The molecule has 1 aromatic carbocycles. The Morgan fingerprint density at radius 1 is 1.00 bits per heavy atom. The second-order valence-electron chi connectivity index (χ2n) is 5.15. The molecule has 20 heavy (non-hydrogen) atoms. The largest absolute Gasteiger partial charge is 0.477 e. The van der Waals surface area contributed by atoms with Crippen LogP contribution >= 0.6 is 0 Å². The fourth-order valence-corrected chi connectivity index (χ4v) is 2.63. The van der Waals surface area contributed by atoms with Gasteiger partial charge >= 0.3 is 5.97 Å². The van der Waals surface area contributed by atoms with E-state index in [9.17, 15) is 9.59 Å². The summed E-state index contributed by atoms with van der Waals surface area (Å²) in [4.78, 5) is 25.5. The maximum Gasteiger partial charge on any atom is 0.341 e. The van der Waals surface area contributed by atoms with E-state index in [1.54, 1.807) is 6.92 Å². The number of aromatic nitrogens is 1. The average Bonchev–Trinajstić information content (AvgIpc) is 2.31. The molecule has 4 nitrogen and oxygen atoms in total. The van der Waals surface area contributed by atoms with E-state index in [-0.39, 0.29) is 5.56 Å². The summed E-state index contributed by atoms with van der Waals surface area (Å²) < 4.78 is 0. The van der Waals surface area contributed by atoms with Crippen LogP contribution in [0.3, 0.4) is 0 Å². The van der Waals surface area contributed by atoms with Gasteiger partial charge in [-0.05, 0) is 50.5 Å². The number of aryl methyl sites for hydroxylation is 4. The second kappa shape index (κ2) is 4.96. The third kappa shape index (κ3) is 2.37. The van der Waals surface area contributed by atoms with Crippen LogP contribution in [0.1, 0.15) is 32.6 Å². The molecule has 0 amide bonds. The molecule has 0 bridgehead atoms. The Bertz CT molecular complexity index is 734. The van der Waals surface area contributed by atoms with Crippen LogP contribution in [0.5, 0.6) is 0 Å². The first-order valence-corrected chi connectivity index (χ1v) is 6.36. The molecule has 4 heteroatoms. The summed E-state index contributed by atoms with van der Waals surface area (Å²) in [7, 11) is 0. The Labute approximate surface area is 117 Å². The van der Waals surface area contributed by atoms with E-state index in [0.717, 1.165) is 27.8 Å². The fourth-order valence-electron chi connectivity index (χ4n) is 2.63. The highest BCUT2D eigenvalue weighted by Gasteiger charge is 2.15. The van der Waals surface area contributed by atoms with E-state index < -0.39 is 11.5 Å². The van der Waals surface area contributed by atoms with Crippen molar-refractivity contribution in [2.45, 2.75) is 27.7 Å². The van der Waals surface area contributed by atoms with E-state index in [1.165, 1.54) is 6.07 Å². The van der Waals surface area contributed by atoms with Crippen molar-refractivity contribution in [2.24, 2.45) is 0 Å². The molecule has 104 valence electrons. The van der Waals surface area contributed by atoms with Gasteiger partial charge in [0.05, 0.1) is 5.69 Å². The van der Waals surface area contributed by atoms with Gasteiger partial charge in [-0.25, -0.2) is 4.79 Å². The van der Waals surface area contributed by atoms with Crippen LogP contribution in [-0.2, 0) is 0 Å². The third-order valence-corrected chi connectivity index (χ3v) is 3.40. The highest BCUT2D eigenvalue weighted by molar-refractivity contribution is 5.88. The van der Waals surface area contributed by atoms with Crippen molar-refractivity contribution in [1.82, 2.24) is 4.98 Å². The molecule has 0 aliphatic carbocycles. The smallest absolute Gasteiger partial charge is 0.341 e. The number of H-pyrrole nitrogens is 1. The maximum absolute atomic E-state index is 11.9. The Kier molecular flexibility index (Phi) is 3.49. The lowest BCUT2D eigenvalue weighted by Gasteiger charge is -2.14. The van der Waals surface area contributed by atoms with Crippen LogP contribution in [0.25, 0.3) is 11.3 Å². The van der Waals surface area contributed by atoms with E-state index in [4.69, 9.17) is 5.11 Å². The van der Waals surface area contributed by atoms with E-state index in [1.807, 2.05) is 32.9 Å². The normalized spacial score (nSPS) is 10.6. The number of carbonyl (C=O) groups is 1. The zero-order valence-electron chi connectivity index (χ0n) is 12.0. The lowest BCUT2D eigenvalue weighted by molar-refractivity contribution is 0.0695. The summed E-state index contributed by atoms with van der Waals surface area (Å²) in [6.07, 6.45) is 0. The van der Waals surface area contributed by atoms with Gasteiger partial charge in [-0.1, -0.05) is 17.7 Å². The molecule has 0 saturated carbocycles. The molecule has 2 aromatic rings. The van der Waals surface area contributed by atoms with Gasteiger partial charge in [0.15, 0.2) is 0 Å². The monoisotopic (exact) mass is 271 g/mol. The van der Waals surface area contributed by atoms with Gasteiger partial charge in [0.1, 0.15) is 5.56 Å². The summed E-state index contributed by atoms with van der Waals surface area (Å²) >= 11 is 0. The van der Waals surface area contributed by atoms with Gasteiger partial charge in [0, 0.05) is 5.56 Å². The minimum absolute atomic E-state index is 0.228. The molecule has 0 aliphatic rings. The number of nitrogens with one attached hydrogen (secondary N) is 1. The Hall–Kier alpha value is -2.36. The van der Waals surface area contributed by atoms with Gasteiger partial charge < -0.3 is 10.1 Å². The third-order valence-electron chi connectivity index (χ3n) is 3.40. The van der Waals surface area contributed by atoms with E-state index in [2.05, 4.69) is 4.98 Å². The van der Waals surface area contributed by atoms with E-state index >= 15 is 0 Å². The SMILES string of the molecule is Cc1cc(C)c(-c2[nH]c(=O)c(C(=O)O)cc2C)c(C)c1. The summed E-state index contributed by atoms with van der Waals surface area (Å²) in [5.41, 5.74) is 4.87. The molecule has 0 unspecified atom stereocenters. The number of carboxylic acid groups (broad SMARTS) is 1. The number of rotatable bonds is 2. The molecule has 1 aromatic heterocycles. The molecule has 0 spiro atoms. The Morgan fingerprint density at radius 2 is 1.55 bits per heavy atom. The van der Waals surface area contributed by atoms with Crippen LogP contribution in [0, 0.1) is 27.7 Å². The zero-order chi connectivity index (χ0) is 15.0. The summed E-state index contributed by atoms with van der Waals surface area (Å²) in [6.45, 7) is 7.79.